The summed E-state index contributed by atoms with van der Waals surface area (Å²) in [4.78, 5) is 14.3. The molecule has 0 fully saturated rings. The van der Waals surface area contributed by atoms with Crippen molar-refractivity contribution in [2.45, 2.75) is 0 Å². The van der Waals surface area contributed by atoms with Gasteiger partial charge in [-0.1, -0.05) is 6.07 Å². The van der Waals surface area contributed by atoms with Gasteiger partial charge in [0, 0.05) is 10.7 Å². The van der Waals surface area contributed by atoms with Crippen molar-refractivity contribution in [2.24, 2.45) is 0 Å². The predicted octanol–water partition coefficient (Wildman–Crippen LogP) is 3.42. The van der Waals surface area contributed by atoms with E-state index in [1.807, 2.05) is 0 Å². The van der Waals surface area contributed by atoms with Gasteiger partial charge in [-0.25, -0.2) is 0 Å². The molecule has 0 aliphatic heterocycles. The maximum Gasteiger partial charge on any atom is 0.329 e. The normalized spacial score (nSPS) is 9.68. The van der Waals surface area contributed by atoms with Crippen molar-refractivity contribution in [3.05, 3.63) is 56.8 Å². The number of pyridine rings is 1. The van der Waals surface area contributed by atoms with E-state index in [1.54, 1.807) is 18.3 Å². The van der Waals surface area contributed by atoms with Crippen LogP contribution in [0.15, 0.2) is 41.1 Å². The zero-order chi connectivity index (χ0) is 13.8. The number of nitro benzene ring substituents is 1. The average molecular weight is 320 g/mol. The van der Waals surface area contributed by atoms with E-state index in [9.17, 15) is 10.1 Å². The number of ether oxygens (including phenoxy) is 1. The van der Waals surface area contributed by atoms with Crippen molar-refractivity contribution in [3.63, 3.8) is 0 Å². The Hall–Kier alpha value is -2.46. The molecule has 0 radical (unpaired) electrons. The number of hydrogen-bond acceptors (Lipinski definition) is 5. The standard InChI is InChI=1S/C12H6BrN3O3/c13-9-4-10(7-15-6-9)19-11-3-1-2-8(5-14)12(11)16(17)18/h1-4,6-7H. The molecule has 19 heavy (non-hydrogen) atoms. The minimum absolute atomic E-state index is 0.00366. The minimum Gasteiger partial charge on any atom is -0.448 e. The summed E-state index contributed by atoms with van der Waals surface area (Å²) in [6.45, 7) is 0. The number of nitro groups is 1. The highest BCUT2D eigenvalue weighted by Crippen LogP contribution is 2.34. The molecule has 0 unspecified atom stereocenters. The Morgan fingerprint density at radius 1 is 1.42 bits per heavy atom. The first-order valence-corrected chi connectivity index (χ1v) is 5.87. The van der Waals surface area contributed by atoms with Crippen LogP contribution in [0.25, 0.3) is 0 Å². The fourth-order valence-corrected chi connectivity index (χ4v) is 1.80. The molecule has 0 atom stereocenters. The van der Waals surface area contributed by atoms with Crippen LogP contribution in [-0.2, 0) is 0 Å². The smallest absolute Gasteiger partial charge is 0.329 e. The van der Waals surface area contributed by atoms with Crippen LogP contribution in [0.4, 0.5) is 5.69 Å². The fourth-order valence-electron chi connectivity index (χ4n) is 1.46. The molecule has 94 valence electrons. The van der Waals surface area contributed by atoms with Gasteiger partial charge in [0.05, 0.1) is 11.1 Å². The molecule has 2 aromatic rings. The Morgan fingerprint density at radius 3 is 2.84 bits per heavy atom. The van der Waals surface area contributed by atoms with E-state index in [-0.39, 0.29) is 17.0 Å². The zero-order valence-electron chi connectivity index (χ0n) is 9.41. The number of aromatic nitrogens is 1. The Balaban J connectivity index is 2.46. The molecule has 0 spiro atoms. The third kappa shape index (κ3) is 2.86. The van der Waals surface area contributed by atoms with E-state index in [0.29, 0.717) is 10.2 Å². The first kappa shape index (κ1) is 13.0. The van der Waals surface area contributed by atoms with Crippen LogP contribution >= 0.6 is 15.9 Å². The van der Waals surface area contributed by atoms with E-state index in [4.69, 9.17) is 10.00 Å². The Bertz CT molecular complexity index is 682. The number of halogens is 1. The second kappa shape index (κ2) is 5.46. The summed E-state index contributed by atoms with van der Waals surface area (Å²) in [5.74, 6) is 0.344. The molecule has 6 nitrogen and oxygen atoms in total. The van der Waals surface area contributed by atoms with Crippen LogP contribution in [0.1, 0.15) is 5.56 Å². The van der Waals surface area contributed by atoms with Crippen LogP contribution in [0.2, 0.25) is 0 Å². The SMILES string of the molecule is N#Cc1cccc(Oc2cncc(Br)c2)c1[N+](=O)[O-]. The van der Waals surface area contributed by atoms with Gasteiger partial charge in [-0.15, -0.1) is 0 Å². The van der Waals surface area contributed by atoms with E-state index < -0.39 is 4.92 Å². The summed E-state index contributed by atoms with van der Waals surface area (Å²) in [5.41, 5.74) is -0.407. The summed E-state index contributed by atoms with van der Waals surface area (Å²) in [6.07, 6.45) is 2.99. The average Bonchev–Trinajstić information content (AvgIpc) is 2.38. The van der Waals surface area contributed by atoms with Gasteiger partial charge in [0.15, 0.2) is 0 Å². The minimum atomic E-state index is -0.640. The molecule has 2 rings (SSSR count). The predicted molar refractivity (Wildman–Crippen MR) is 69.8 cm³/mol. The second-order valence-electron chi connectivity index (χ2n) is 3.46. The molecule has 7 heteroatoms. The molecular formula is C12H6BrN3O3. The molecule has 1 aromatic carbocycles. The van der Waals surface area contributed by atoms with Gasteiger partial charge in [0.25, 0.3) is 0 Å². The largest absolute Gasteiger partial charge is 0.448 e. The molecular weight excluding hydrogens is 314 g/mol. The van der Waals surface area contributed by atoms with Crippen LogP contribution in [-0.4, -0.2) is 9.91 Å². The Morgan fingerprint density at radius 2 is 2.21 bits per heavy atom. The van der Waals surface area contributed by atoms with Crippen LogP contribution in [0.5, 0.6) is 11.5 Å². The van der Waals surface area contributed by atoms with Crippen molar-refractivity contribution in [1.29, 1.82) is 5.26 Å². The van der Waals surface area contributed by atoms with E-state index in [2.05, 4.69) is 20.9 Å². The summed E-state index contributed by atoms with van der Waals surface area (Å²) >= 11 is 3.22. The lowest BCUT2D eigenvalue weighted by Gasteiger charge is -2.06. The third-order valence-electron chi connectivity index (χ3n) is 2.21. The lowest BCUT2D eigenvalue weighted by Crippen LogP contribution is -1.96. The maximum atomic E-state index is 11.0. The van der Waals surface area contributed by atoms with Crippen molar-refractivity contribution >= 4 is 21.6 Å². The van der Waals surface area contributed by atoms with Gasteiger partial charge in [0.1, 0.15) is 17.4 Å². The fraction of sp³-hybridized carbons (Fsp3) is 0. The molecule has 0 aliphatic rings. The highest BCUT2D eigenvalue weighted by molar-refractivity contribution is 9.10. The highest BCUT2D eigenvalue weighted by Gasteiger charge is 2.21. The summed E-state index contributed by atoms with van der Waals surface area (Å²) in [6, 6.07) is 7.70. The summed E-state index contributed by atoms with van der Waals surface area (Å²) in [5, 5.41) is 19.9. The van der Waals surface area contributed by atoms with Crippen molar-refractivity contribution in [1.82, 2.24) is 4.98 Å². The number of rotatable bonds is 3. The van der Waals surface area contributed by atoms with Gasteiger partial charge in [-0.3, -0.25) is 15.1 Å². The zero-order valence-corrected chi connectivity index (χ0v) is 11.0. The molecule has 0 N–H and O–H groups in total. The van der Waals surface area contributed by atoms with Crippen molar-refractivity contribution < 1.29 is 9.66 Å². The molecule has 0 aliphatic carbocycles. The van der Waals surface area contributed by atoms with Gasteiger partial charge >= 0.3 is 5.69 Å². The van der Waals surface area contributed by atoms with Crippen LogP contribution < -0.4 is 4.74 Å². The van der Waals surface area contributed by atoms with E-state index in [1.165, 1.54) is 24.4 Å². The third-order valence-corrected chi connectivity index (χ3v) is 2.64. The van der Waals surface area contributed by atoms with E-state index in [0.717, 1.165) is 0 Å². The van der Waals surface area contributed by atoms with Gasteiger partial charge in [0.2, 0.25) is 5.75 Å². The van der Waals surface area contributed by atoms with Crippen LogP contribution in [0.3, 0.4) is 0 Å². The Labute approximate surface area is 116 Å². The Kier molecular flexibility index (Phi) is 3.73. The molecule has 0 bridgehead atoms. The number of para-hydroxylation sites is 1. The molecule has 0 saturated carbocycles. The highest BCUT2D eigenvalue weighted by atomic mass is 79.9. The number of hydrogen-bond donors (Lipinski definition) is 0. The van der Waals surface area contributed by atoms with Crippen molar-refractivity contribution in [3.8, 4) is 17.6 Å². The van der Waals surface area contributed by atoms with Gasteiger partial charge in [-0.05, 0) is 34.1 Å². The lowest BCUT2D eigenvalue weighted by molar-refractivity contribution is -0.385. The van der Waals surface area contributed by atoms with Gasteiger partial charge < -0.3 is 4.74 Å². The van der Waals surface area contributed by atoms with Crippen molar-refractivity contribution in [2.75, 3.05) is 0 Å². The molecule has 0 amide bonds. The maximum absolute atomic E-state index is 11.0. The molecule has 1 aromatic heterocycles. The first-order valence-electron chi connectivity index (χ1n) is 5.07. The topological polar surface area (TPSA) is 89.0 Å². The summed E-state index contributed by atoms with van der Waals surface area (Å²) in [7, 11) is 0. The quantitative estimate of drug-likeness (QED) is 0.638. The number of nitrogens with zero attached hydrogens (tertiary/aromatic N) is 3. The first-order chi connectivity index (χ1) is 9.11. The number of benzene rings is 1. The van der Waals surface area contributed by atoms with E-state index >= 15 is 0 Å². The molecule has 1 heterocycles. The van der Waals surface area contributed by atoms with Gasteiger partial charge in [-0.2, -0.15) is 5.26 Å². The summed E-state index contributed by atoms with van der Waals surface area (Å²) < 4.78 is 6.09. The monoisotopic (exact) mass is 319 g/mol. The second-order valence-corrected chi connectivity index (χ2v) is 4.38. The number of nitriles is 1. The molecule has 0 saturated heterocycles. The lowest BCUT2D eigenvalue weighted by atomic mass is 10.2. The van der Waals surface area contributed by atoms with Crippen LogP contribution in [0, 0.1) is 21.4 Å².